The van der Waals surface area contributed by atoms with E-state index in [1.165, 1.54) is 4.90 Å². The largest absolute Gasteiger partial charge is 0.450 e. The van der Waals surface area contributed by atoms with Gasteiger partial charge in [0.2, 0.25) is 17.3 Å². The number of likely N-dealkylation sites (tertiary alicyclic amines) is 1. The van der Waals surface area contributed by atoms with Crippen LogP contribution < -0.4 is 16.1 Å². The van der Waals surface area contributed by atoms with Crippen molar-refractivity contribution in [2.75, 3.05) is 6.54 Å². The Morgan fingerprint density at radius 3 is 2.34 bits per heavy atom. The van der Waals surface area contributed by atoms with Gasteiger partial charge in [-0.2, -0.15) is 0 Å². The minimum Gasteiger partial charge on any atom is -0.444 e. The Bertz CT molecular complexity index is 1120. The maximum absolute atomic E-state index is 13.5. The highest BCUT2D eigenvalue weighted by Gasteiger charge is 2.51. The number of nitrogens with zero attached hydrogens (tertiary/aromatic N) is 2. The van der Waals surface area contributed by atoms with Crippen molar-refractivity contribution in [1.29, 1.82) is 0 Å². The van der Waals surface area contributed by atoms with E-state index in [1.807, 2.05) is 0 Å². The van der Waals surface area contributed by atoms with Crippen LogP contribution in [-0.2, 0) is 14.3 Å². The molecule has 4 N–H and O–H groups in total. The lowest BCUT2D eigenvalue weighted by atomic mass is 10.0. The van der Waals surface area contributed by atoms with Crippen LogP contribution in [0.5, 0.6) is 0 Å². The molecule has 1 aromatic carbocycles. The maximum Gasteiger partial charge on any atom is 0.450 e. The van der Waals surface area contributed by atoms with Crippen molar-refractivity contribution >= 4 is 43.1 Å². The first kappa shape index (κ1) is 29.6. The van der Waals surface area contributed by atoms with Crippen LogP contribution in [0.3, 0.4) is 0 Å². The lowest BCUT2D eigenvalue weighted by molar-refractivity contribution is -0.141. The highest BCUT2D eigenvalue weighted by Crippen LogP contribution is 2.23. The van der Waals surface area contributed by atoms with Gasteiger partial charge in [0.1, 0.15) is 23.2 Å². The molecule has 0 spiro atoms. The van der Waals surface area contributed by atoms with Gasteiger partial charge < -0.3 is 34.3 Å². The number of fused-ring (bicyclic) bond motifs is 1. The van der Waals surface area contributed by atoms with E-state index in [1.54, 1.807) is 72.7 Å². The van der Waals surface area contributed by atoms with E-state index < -0.39 is 43.9 Å². The molecule has 2 heterocycles. The molecule has 2 aromatic rings. The van der Waals surface area contributed by atoms with Crippen LogP contribution in [0, 0.1) is 11.8 Å². The molecule has 0 unspecified atom stereocenters. The van der Waals surface area contributed by atoms with Gasteiger partial charge in [-0.1, -0.05) is 39.8 Å². The zero-order chi connectivity index (χ0) is 28.4. The Kier molecular flexibility index (Phi) is 8.89. The van der Waals surface area contributed by atoms with Gasteiger partial charge in [0.25, 0.3) is 0 Å². The molecular weight excluding hydrogens is 508 g/mol. The number of benzene rings is 1. The fourth-order valence-corrected chi connectivity index (χ4v) is 6.66. The number of hydrogen-bond acceptors (Lipinski definition) is 8. The van der Waals surface area contributed by atoms with Crippen LogP contribution in [0.1, 0.15) is 61.3 Å². The lowest BCUT2D eigenvalue weighted by Gasteiger charge is -2.34. The van der Waals surface area contributed by atoms with Crippen molar-refractivity contribution in [3.05, 3.63) is 24.3 Å². The summed E-state index contributed by atoms with van der Waals surface area (Å²) in [6.07, 6.45) is 0.298. The van der Waals surface area contributed by atoms with Gasteiger partial charge in [0, 0.05) is 6.54 Å². The Morgan fingerprint density at radius 1 is 1.11 bits per heavy atom. The first-order valence-corrected chi connectivity index (χ1v) is 15.0. The second kappa shape index (κ2) is 11.4. The van der Waals surface area contributed by atoms with E-state index in [-0.39, 0.29) is 23.3 Å². The third kappa shape index (κ3) is 6.72. The summed E-state index contributed by atoms with van der Waals surface area (Å²) in [5, 5.41) is 5.43. The number of rotatable bonds is 8. The third-order valence-corrected chi connectivity index (χ3v) is 8.97. The Hall–Kier alpha value is -2.96. The van der Waals surface area contributed by atoms with E-state index in [9.17, 15) is 24.0 Å². The SMILES string of the molecule is CC(C)[C@H](NC(=O)OC(C)(C)C)C(=O)N1CCC[C@H]1C(=O)N[C@@H](C(C)C)[Si](O)(O)c1nc2ccccc2o1. The zero-order valence-corrected chi connectivity index (χ0v) is 24.1. The molecule has 0 aliphatic carbocycles. The molecule has 1 saturated heterocycles. The molecule has 1 aliphatic rings. The first-order chi connectivity index (χ1) is 17.6. The second-order valence-electron chi connectivity index (χ2n) is 11.5. The Morgan fingerprint density at radius 2 is 1.76 bits per heavy atom. The van der Waals surface area contributed by atoms with Gasteiger partial charge in [-0.15, -0.1) is 0 Å². The monoisotopic (exact) mass is 548 g/mol. The number of oxazole rings is 1. The number of para-hydroxylation sites is 2. The van der Waals surface area contributed by atoms with Gasteiger partial charge in [0.05, 0.1) is 5.67 Å². The minimum atomic E-state index is -4.39. The molecule has 1 aliphatic heterocycles. The summed E-state index contributed by atoms with van der Waals surface area (Å²) in [4.78, 5) is 67.5. The summed E-state index contributed by atoms with van der Waals surface area (Å²) in [7, 11) is -4.39. The Balaban J connectivity index is 1.78. The highest BCUT2D eigenvalue weighted by molar-refractivity contribution is 6.78. The van der Waals surface area contributed by atoms with E-state index in [4.69, 9.17) is 9.15 Å². The molecule has 1 aromatic heterocycles. The Labute approximate surface area is 224 Å². The van der Waals surface area contributed by atoms with Crippen molar-refractivity contribution in [3.63, 3.8) is 0 Å². The molecule has 210 valence electrons. The molecule has 38 heavy (non-hydrogen) atoms. The highest BCUT2D eigenvalue weighted by atomic mass is 28.4. The molecule has 0 saturated carbocycles. The van der Waals surface area contributed by atoms with Gasteiger partial charge in [-0.05, 0) is 57.6 Å². The fourth-order valence-electron chi connectivity index (χ4n) is 4.57. The average Bonchev–Trinajstić information content (AvgIpc) is 3.46. The lowest BCUT2D eigenvalue weighted by Crippen LogP contribution is -2.68. The zero-order valence-electron chi connectivity index (χ0n) is 23.1. The van der Waals surface area contributed by atoms with Crippen LogP contribution in [-0.4, -0.2) is 75.8 Å². The van der Waals surface area contributed by atoms with E-state index in [2.05, 4.69) is 15.6 Å². The second-order valence-corrected chi connectivity index (χ2v) is 14.0. The van der Waals surface area contributed by atoms with E-state index >= 15 is 0 Å². The van der Waals surface area contributed by atoms with Gasteiger partial charge in [0.15, 0.2) is 5.58 Å². The first-order valence-electron chi connectivity index (χ1n) is 13.0. The number of aromatic nitrogens is 1. The molecule has 0 radical (unpaired) electrons. The predicted molar refractivity (Wildman–Crippen MR) is 143 cm³/mol. The third-order valence-electron chi connectivity index (χ3n) is 6.45. The molecule has 3 amide bonds. The summed E-state index contributed by atoms with van der Waals surface area (Å²) in [6, 6.07) is 5.20. The average molecular weight is 549 g/mol. The van der Waals surface area contributed by atoms with Crippen LogP contribution in [0.15, 0.2) is 28.7 Å². The normalized spacial score (nSPS) is 18.1. The number of alkyl carbamates (subject to hydrolysis) is 1. The fraction of sp³-hybridized carbons (Fsp3) is 0.615. The summed E-state index contributed by atoms with van der Waals surface area (Å²) >= 11 is 0. The van der Waals surface area contributed by atoms with Crippen molar-refractivity contribution in [2.45, 2.75) is 84.7 Å². The number of amides is 3. The van der Waals surface area contributed by atoms with Crippen molar-refractivity contribution < 1.29 is 33.1 Å². The van der Waals surface area contributed by atoms with Crippen LogP contribution in [0.25, 0.3) is 11.1 Å². The standard InChI is InChI=1S/C26H40N4O7Si/c1-15(2)20(28-24(33)37-26(5,6)7)23(32)30-14-10-12-18(30)21(31)29-22(16(3)4)38(34,35)25-27-17-11-8-9-13-19(17)36-25/h8-9,11,13,15-16,18,20,22,34-35H,10,12,14H2,1-7H3,(H,28,33)(H,29,31)/t18-,20-,22+/m0/s1. The molecule has 0 bridgehead atoms. The number of nitrogens with one attached hydrogen (secondary N) is 2. The molecule has 11 nitrogen and oxygen atoms in total. The van der Waals surface area contributed by atoms with E-state index in [0.717, 1.165) is 0 Å². The summed E-state index contributed by atoms with van der Waals surface area (Å²) < 4.78 is 11.0. The summed E-state index contributed by atoms with van der Waals surface area (Å²) in [5.74, 6) is -1.50. The van der Waals surface area contributed by atoms with Crippen molar-refractivity contribution in [2.24, 2.45) is 11.8 Å². The summed E-state index contributed by atoms with van der Waals surface area (Å²) in [6.45, 7) is 12.7. The molecular formula is C26H40N4O7Si. The van der Waals surface area contributed by atoms with Gasteiger partial charge >= 0.3 is 14.7 Å². The van der Waals surface area contributed by atoms with Gasteiger partial charge in [-0.25, -0.2) is 9.78 Å². The van der Waals surface area contributed by atoms with Crippen molar-refractivity contribution in [3.8, 4) is 0 Å². The number of carbonyl (C=O) groups excluding carboxylic acids is 3. The molecule has 1 fully saturated rings. The molecule has 3 rings (SSSR count). The van der Waals surface area contributed by atoms with Gasteiger partial charge in [-0.3, -0.25) is 9.59 Å². The molecule has 3 atom stereocenters. The van der Waals surface area contributed by atoms with Crippen molar-refractivity contribution in [1.82, 2.24) is 20.5 Å². The minimum absolute atomic E-state index is 0.196. The molecule has 12 heteroatoms. The predicted octanol–water partition coefficient (Wildman–Crippen LogP) is 1.68. The number of carbonyl (C=O) groups is 3. The topological polar surface area (TPSA) is 154 Å². The smallest absolute Gasteiger partial charge is 0.444 e. The quantitative estimate of drug-likeness (QED) is 0.363. The number of ether oxygens (including phenoxy) is 1. The van der Waals surface area contributed by atoms with Crippen LogP contribution >= 0.6 is 0 Å². The van der Waals surface area contributed by atoms with Crippen LogP contribution in [0.2, 0.25) is 0 Å². The number of hydrogen-bond donors (Lipinski definition) is 4. The van der Waals surface area contributed by atoms with E-state index in [0.29, 0.717) is 30.5 Å². The maximum atomic E-state index is 13.5. The van der Waals surface area contributed by atoms with Crippen LogP contribution in [0.4, 0.5) is 4.79 Å². The summed E-state index contributed by atoms with van der Waals surface area (Å²) in [5.41, 5.74) is -1.06.